The van der Waals surface area contributed by atoms with Gasteiger partial charge in [0.1, 0.15) is 0 Å². The predicted octanol–water partition coefficient (Wildman–Crippen LogP) is 3.55. The molecule has 1 fully saturated rings. The summed E-state index contributed by atoms with van der Waals surface area (Å²) in [5.41, 5.74) is 0.0347. The van der Waals surface area contributed by atoms with Crippen molar-refractivity contribution >= 4 is 42.0 Å². The lowest BCUT2D eigenvalue weighted by atomic mass is 9.77. The van der Waals surface area contributed by atoms with Crippen molar-refractivity contribution in [2.45, 2.75) is 45.8 Å². The van der Waals surface area contributed by atoms with Crippen molar-refractivity contribution in [1.29, 1.82) is 0 Å². The first-order chi connectivity index (χ1) is 10.1. The van der Waals surface area contributed by atoms with E-state index >= 15 is 0 Å². The minimum Gasteiger partial charge on any atom is -0.400 e. The third-order valence-electron chi connectivity index (χ3n) is 4.02. The third-order valence-corrected chi connectivity index (χ3v) is 5.20. The molecule has 0 bridgehead atoms. The van der Waals surface area contributed by atoms with Gasteiger partial charge in [0.25, 0.3) is 0 Å². The molecule has 22 heavy (non-hydrogen) atoms. The van der Waals surface area contributed by atoms with Gasteiger partial charge in [-0.3, -0.25) is 4.79 Å². The van der Waals surface area contributed by atoms with E-state index in [4.69, 9.17) is 20.9 Å². The molecule has 0 spiro atoms. The molecule has 1 aliphatic heterocycles. The molecule has 7 heteroatoms. The lowest BCUT2D eigenvalue weighted by molar-refractivity contribution is -0.118. The largest absolute Gasteiger partial charge is 0.492 e. The van der Waals surface area contributed by atoms with Crippen LogP contribution in [0.1, 0.15) is 39.5 Å². The molecule has 0 atom stereocenters. The van der Waals surface area contributed by atoms with Gasteiger partial charge in [0.15, 0.2) is 0 Å². The number of amides is 1. The summed E-state index contributed by atoms with van der Waals surface area (Å²) in [6.45, 7) is 9.89. The minimum absolute atomic E-state index is 0.0911. The first-order valence-electron chi connectivity index (χ1n) is 7.16. The van der Waals surface area contributed by atoms with Gasteiger partial charge in [-0.2, -0.15) is 0 Å². The fraction of sp³-hybridized carbons (Fsp3) is 0.533. The molecule has 1 aromatic heterocycles. The van der Waals surface area contributed by atoms with Crippen LogP contribution in [0.4, 0.5) is 0 Å². The van der Waals surface area contributed by atoms with E-state index in [2.05, 4.69) is 5.32 Å². The molecule has 1 aliphatic rings. The van der Waals surface area contributed by atoms with Gasteiger partial charge in [0.2, 0.25) is 5.91 Å². The molecular formula is C15H21BClNO3S. The normalized spacial score (nSPS) is 20.3. The van der Waals surface area contributed by atoms with Crippen LogP contribution in [-0.4, -0.2) is 30.8 Å². The average molecular weight is 342 g/mol. The molecule has 4 nitrogen and oxygen atoms in total. The number of halogens is 1. The number of nitrogens with one attached hydrogen (secondary N) is 1. The summed E-state index contributed by atoms with van der Waals surface area (Å²) >= 11 is 7.45. The molecule has 1 amide bonds. The molecular weight excluding hydrogens is 321 g/mol. The van der Waals surface area contributed by atoms with Crippen LogP contribution < -0.4 is 5.32 Å². The number of hydrogen-bond acceptors (Lipinski definition) is 4. The number of carbonyl (C=O) groups excluding carboxylic acids is 1. The summed E-state index contributed by atoms with van der Waals surface area (Å²) in [6.07, 6.45) is 1.97. The van der Waals surface area contributed by atoms with Crippen LogP contribution in [0.15, 0.2) is 17.6 Å². The van der Waals surface area contributed by atoms with E-state index in [1.54, 1.807) is 0 Å². The molecule has 2 heterocycles. The van der Waals surface area contributed by atoms with Crippen molar-refractivity contribution in [3.05, 3.63) is 26.8 Å². The first kappa shape index (κ1) is 17.5. The summed E-state index contributed by atoms with van der Waals surface area (Å²) in [7, 11) is -0.488. The van der Waals surface area contributed by atoms with Crippen LogP contribution in [0.5, 0.6) is 0 Å². The zero-order valence-electron chi connectivity index (χ0n) is 13.5. The topological polar surface area (TPSA) is 47.6 Å². The maximum Gasteiger partial charge on any atom is 0.492 e. The Bertz CT molecular complexity index is 581. The molecule has 0 saturated carbocycles. The fourth-order valence-corrected chi connectivity index (χ4v) is 3.05. The fourth-order valence-electron chi connectivity index (χ4n) is 2.01. The Balaban J connectivity index is 2.25. The molecule has 1 aromatic rings. The highest BCUT2D eigenvalue weighted by Crippen LogP contribution is 2.39. The van der Waals surface area contributed by atoms with Crippen LogP contribution >= 0.6 is 22.9 Å². The Morgan fingerprint density at radius 2 is 1.91 bits per heavy atom. The molecule has 1 saturated heterocycles. The van der Waals surface area contributed by atoms with Gasteiger partial charge in [0.05, 0.1) is 15.5 Å². The first-order valence-corrected chi connectivity index (χ1v) is 8.36. The summed E-state index contributed by atoms with van der Waals surface area (Å²) in [4.78, 5) is 12.2. The lowest BCUT2D eigenvalue weighted by Gasteiger charge is -2.32. The van der Waals surface area contributed by atoms with Crippen molar-refractivity contribution in [3.63, 3.8) is 0 Å². The third kappa shape index (κ3) is 3.93. The van der Waals surface area contributed by atoms with Gasteiger partial charge < -0.3 is 14.6 Å². The second-order valence-electron chi connectivity index (χ2n) is 6.36. The van der Waals surface area contributed by atoms with Gasteiger partial charge >= 0.3 is 7.12 Å². The molecule has 0 aliphatic carbocycles. The lowest BCUT2D eigenvalue weighted by Crippen LogP contribution is -2.41. The van der Waals surface area contributed by atoms with E-state index in [0.717, 1.165) is 14.7 Å². The second kappa shape index (κ2) is 6.36. The van der Waals surface area contributed by atoms with Crippen molar-refractivity contribution in [2.24, 2.45) is 0 Å². The zero-order chi connectivity index (χ0) is 16.5. The molecule has 0 aromatic carbocycles. The SMILES string of the molecule is CC(=O)NCC(=Cc1ccc(Cl)s1)B1OC(C)(C)C(C)(C)O1. The Hall–Kier alpha value is -0.815. The van der Waals surface area contributed by atoms with E-state index in [0.29, 0.717) is 6.54 Å². The molecule has 0 radical (unpaired) electrons. The quantitative estimate of drug-likeness (QED) is 0.852. The van der Waals surface area contributed by atoms with Crippen molar-refractivity contribution in [1.82, 2.24) is 5.32 Å². The van der Waals surface area contributed by atoms with Crippen molar-refractivity contribution in [3.8, 4) is 0 Å². The van der Waals surface area contributed by atoms with Crippen molar-refractivity contribution in [2.75, 3.05) is 6.54 Å². The van der Waals surface area contributed by atoms with Gasteiger partial charge in [-0.05, 0) is 51.4 Å². The van der Waals surface area contributed by atoms with Crippen molar-refractivity contribution < 1.29 is 14.1 Å². The molecule has 1 N–H and O–H groups in total. The molecule has 2 rings (SSSR count). The number of rotatable bonds is 4. The highest BCUT2D eigenvalue weighted by Gasteiger charge is 2.52. The van der Waals surface area contributed by atoms with Gasteiger partial charge in [0, 0.05) is 18.3 Å². The van der Waals surface area contributed by atoms with Gasteiger partial charge in [-0.15, -0.1) is 11.3 Å². The minimum atomic E-state index is -0.488. The van der Waals surface area contributed by atoms with Crippen LogP contribution in [0, 0.1) is 0 Å². The number of hydrogen-bond donors (Lipinski definition) is 1. The number of carbonyl (C=O) groups is 1. The standard InChI is InChI=1S/C15H21BClNO3S/c1-10(19)18-9-11(8-12-6-7-13(17)22-12)16-20-14(2,3)15(4,5)21-16/h6-8H,9H2,1-5H3,(H,18,19). The monoisotopic (exact) mass is 341 g/mol. The Labute approximate surface area is 141 Å². The smallest absolute Gasteiger partial charge is 0.400 e. The van der Waals surface area contributed by atoms with E-state index in [1.165, 1.54) is 18.3 Å². The summed E-state index contributed by atoms with van der Waals surface area (Å²) in [5.74, 6) is -0.0911. The predicted molar refractivity (Wildman–Crippen MR) is 92.1 cm³/mol. The highest BCUT2D eigenvalue weighted by atomic mass is 35.5. The average Bonchev–Trinajstić information content (AvgIpc) is 2.86. The van der Waals surface area contributed by atoms with E-state index in [-0.39, 0.29) is 5.91 Å². The van der Waals surface area contributed by atoms with Gasteiger partial charge in [-0.25, -0.2) is 0 Å². The van der Waals surface area contributed by atoms with E-state index < -0.39 is 18.3 Å². The summed E-state index contributed by atoms with van der Waals surface area (Å²) < 4.78 is 12.9. The Morgan fingerprint density at radius 1 is 1.32 bits per heavy atom. The maximum absolute atomic E-state index is 11.2. The Morgan fingerprint density at radius 3 is 2.36 bits per heavy atom. The van der Waals surface area contributed by atoms with Crippen LogP contribution in [0.2, 0.25) is 4.34 Å². The second-order valence-corrected chi connectivity index (χ2v) is 8.11. The summed E-state index contributed by atoms with van der Waals surface area (Å²) in [5, 5.41) is 2.81. The maximum atomic E-state index is 11.2. The molecule has 0 unspecified atom stereocenters. The van der Waals surface area contributed by atoms with Crippen LogP contribution in [0.25, 0.3) is 6.08 Å². The number of thiophene rings is 1. The summed E-state index contributed by atoms with van der Waals surface area (Å²) in [6, 6.07) is 3.78. The van der Waals surface area contributed by atoms with E-state index in [1.807, 2.05) is 45.9 Å². The van der Waals surface area contributed by atoms with Crippen LogP contribution in [-0.2, 0) is 14.1 Å². The van der Waals surface area contributed by atoms with E-state index in [9.17, 15) is 4.79 Å². The Kier molecular flexibility index (Phi) is 5.07. The zero-order valence-corrected chi connectivity index (χ0v) is 15.1. The molecule has 120 valence electrons. The van der Waals surface area contributed by atoms with Gasteiger partial charge in [-0.1, -0.05) is 11.6 Å². The van der Waals surface area contributed by atoms with Crippen LogP contribution in [0.3, 0.4) is 0 Å². The highest BCUT2D eigenvalue weighted by molar-refractivity contribution is 7.17.